The zero-order chi connectivity index (χ0) is 14.0. The third-order valence-corrected chi connectivity index (χ3v) is 2.99. The molecule has 1 heterocycles. The van der Waals surface area contributed by atoms with Gasteiger partial charge in [0, 0.05) is 18.3 Å². The molecular weight excluding hydrogens is 267 g/mol. The molecule has 1 aromatic carbocycles. The SMILES string of the molecule is CNc1nnc(-c2cccc(F)c2)c(Cl)c1C(C)=N. The second-order valence-corrected chi connectivity index (χ2v) is 4.35. The Kier molecular flexibility index (Phi) is 3.76. The average Bonchev–Trinajstić information content (AvgIpc) is 2.37. The minimum Gasteiger partial charge on any atom is -0.371 e. The summed E-state index contributed by atoms with van der Waals surface area (Å²) in [4.78, 5) is 0. The zero-order valence-corrected chi connectivity index (χ0v) is 11.2. The molecule has 0 radical (unpaired) electrons. The molecule has 0 atom stereocenters. The number of hydrogen-bond donors (Lipinski definition) is 2. The molecule has 2 aromatic rings. The first-order chi connectivity index (χ1) is 9.04. The van der Waals surface area contributed by atoms with Crippen LogP contribution in [0, 0.1) is 11.2 Å². The topological polar surface area (TPSA) is 61.7 Å². The lowest BCUT2D eigenvalue weighted by atomic mass is 10.1. The Balaban J connectivity index is 2.66. The van der Waals surface area contributed by atoms with Crippen molar-refractivity contribution in [2.24, 2.45) is 0 Å². The summed E-state index contributed by atoms with van der Waals surface area (Å²) in [5.41, 5.74) is 1.63. The molecule has 0 saturated heterocycles. The number of rotatable bonds is 3. The maximum Gasteiger partial charge on any atom is 0.159 e. The predicted molar refractivity (Wildman–Crippen MR) is 74.5 cm³/mol. The molecule has 0 amide bonds. The lowest BCUT2D eigenvalue weighted by Gasteiger charge is -2.11. The molecule has 2 N–H and O–H groups in total. The molecule has 4 nitrogen and oxygen atoms in total. The van der Waals surface area contributed by atoms with Crippen molar-refractivity contribution in [3.8, 4) is 11.3 Å². The average molecular weight is 279 g/mol. The molecule has 0 fully saturated rings. The van der Waals surface area contributed by atoms with E-state index in [-0.39, 0.29) is 16.6 Å². The monoisotopic (exact) mass is 278 g/mol. The van der Waals surface area contributed by atoms with Crippen LogP contribution in [-0.4, -0.2) is 23.0 Å². The second kappa shape index (κ2) is 5.32. The molecule has 0 aliphatic rings. The van der Waals surface area contributed by atoms with Crippen LogP contribution >= 0.6 is 11.6 Å². The molecule has 6 heteroatoms. The van der Waals surface area contributed by atoms with Gasteiger partial charge in [-0.1, -0.05) is 23.7 Å². The number of hydrogen-bond acceptors (Lipinski definition) is 4. The van der Waals surface area contributed by atoms with Gasteiger partial charge in [0.05, 0.1) is 10.6 Å². The van der Waals surface area contributed by atoms with Gasteiger partial charge in [0.2, 0.25) is 0 Å². The molecule has 0 aliphatic heterocycles. The Morgan fingerprint density at radius 3 is 2.68 bits per heavy atom. The summed E-state index contributed by atoms with van der Waals surface area (Å²) >= 11 is 6.27. The van der Waals surface area contributed by atoms with Crippen LogP contribution in [0.15, 0.2) is 24.3 Å². The van der Waals surface area contributed by atoms with Crippen LogP contribution in [0.3, 0.4) is 0 Å². The van der Waals surface area contributed by atoms with Crippen molar-refractivity contribution in [2.45, 2.75) is 6.92 Å². The molecule has 98 valence electrons. The zero-order valence-electron chi connectivity index (χ0n) is 10.5. The number of nitrogens with zero attached hydrogens (tertiary/aromatic N) is 2. The first kappa shape index (κ1) is 13.4. The second-order valence-electron chi connectivity index (χ2n) is 3.97. The molecule has 0 saturated carbocycles. The Morgan fingerprint density at radius 1 is 1.37 bits per heavy atom. The molecule has 0 spiro atoms. The van der Waals surface area contributed by atoms with E-state index in [1.807, 2.05) is 0 Å². The molecule has 0 unspecified atom stereocenters. The van der Waals surface area contributed by atoms with Crippen LogP contribution in [0.1, 0.15) is 12.5 Å². The van der Waals surface area contributed by atoms with Gasteiger partial charge < -0.3 is 10.7 Å². The van der Waals surface area contributed by atoms with Gasteiger partial charge in [0.1, 0.15) is 11.5 Å². The number of halogens is 2. The maximum atomic E-state index is 13.2. The Labute approximate surface area is 115 Å². The van der Waals surface area contributed by atoms with E-state index in [2.05, 4.69) is 15.5 Å². The van der Waals surface area contributed by atoms with Gasteiger partial charge in [-0.3, -0.25) is 0 Å². The van der Waals surface area contributed by atoms with Crippen molar-refractivity contribution in [1.29, 1.82) is 5.41 Å². The summed E-state index contributed by atoms with van der Waals surface area (Å²) in [7, 11) is 1.68. The minimum absolute atomic E-state index is 0.266. The van der Waals surface area contributed by atoms with Crippen molar-refractivity contribution < 1.29 is 4.39 Å². The number of aromatic nitrogens is 2. The third-order valence-electron chi connectivity index (χ3n) is 2.62. The summed E-state index contributed by atoms with van der Waals surface area (Å²) in [5.74, 6) is 0.0545. The van der Waals surface area contributed by atoms with Crippen LogP contribution in [0.4, 0.5) is 10.2 Å². The van der Waals surface area contributed by atoms with Crippen LogP contribution in [-0.2, 0) is 0 Å². The quantitative estimate of drug-likeness (QED) is 0.846. The first-order valence-corrected chi connectivity index (χ1v) is 5.97. The highest BCUT2D eigenvalue weighted by atomic mass is 35.5. The molecule has 0 bridgehead atoms. The molecular formula is C13H12ClFN4. The van der Waals surface area contributed by atoms with Crippen molar-refractivity contribution in [3.63, 3.8) is 0 Å². The molecule has 2 rings (SSSR count). The van der Waals surface area contributed by atoms with Crippen LogP contribution in [0.25, 0.3) is 11.3 Å². The van der Waals surface area contributed by atoms with E-state index in [1.54, 1.807) is 26.1 Å². The predicted octanol–water partition coefficient (Wildman–Crippen LogP) is 3.37. The highest BCUT2D eigenvalue weighted by molar-refractivity contribution is 6.37. The van der Waals surface area contributed by atoms with E-state index in [0.717, 1.165) is 0 Å². The standard InChI is InChI=1S/C13H12ClFN4/c1-7(16)10-11(14)12(18-19-13(10)17-2)8-4-3-5-9(15)6-8/h3-6,16H,1-2H3,(H,17,19). The summed E-state index contributed by atoms with van der Waals surface area (Å²) in [5, 5.41) is 18.9. The number of benzene rings is 1. The molecule has 1 aromatic heterocycles. The van der Waals surface area contributed by atoms with Crippen LogP contribution in [0.2, 0.25) is 5.02 Å². The fourth-order valence-electron chi connectivity index (χ4n) is 1.75. The van der Waals surface area contributed by atoms with E-state index in [1.165, 1.54) is 12.1 Å². The highest BCUT2D eigenvalue weighted by Gasteiger charge is 2.17. The Bertz CT molecular complexity index is 643. The largest absolute Gasteiger partial charge is 0.371 e. The number of anilines is 1. The van der Waals surface area contributed by atoms with Crippen molar-refractivity contribution in [1.82, 2.24) is 10.2 Å². The normalized spacial score (nSPS) is 10.3. The van der Waals surface area contributed by atoms with Crippen LogP contribution in [0.5, 0.6) is 0 Å². The van der Waals surface area contributed by atoms with Gasteiger partial charge in [0.15, 0.2) is 5.82 Å². The van der Waals surface area contributed by atoms with E-state index in [4.69, 9.17) is 17.0 Å². The van der Waals surface area contributed by atoms with Crippen LogP contribution < -0.4 is 5.32 Å². The Morgan fingerprint density at radius 2 is 2.11 bits per heavy atom. The first-order valence-electron chi connectivity index (χ1n) is 5.60. The lowest BCUT2D eigenvalue weighted by Crippen LogP contribution is -2.07. The van der Waals surface area contributed by atoms with Crippen molar-refractivity contribution >= 4 is 23.1 Å². The van der Waals surface area contributed by atoms with Gasteiger partial charge in [0.25, 0.3) is 0 Å². The van der Waals surface area contributed by atoms with E-state index in [9.17, 15) is 4.39 Å². The van der Waals surface area contributed by atoms with Gasteiger partial charge in [-0.15, -0.1) is 10.2 Å². The molecule has 19 heavy (non-hydrogen) atoms. The fourth-order valence-corrected chi connectivity index (χ4v) is 2.13. The summed E-state index contributed by atoms with van der Waals surface area (Å²) in [6, 6.07) is 5.94. The van der Waals surface area contributed by atoms with Gasteiger partial charge >= 0.3 is 0 Å². The van der Waals surface area contributed by atoms with Crippen molar-refractivity contribution in [3.05, 3.63) is 40.7 Å². The van der Waals surface area contributed by atoms with E-state index >= 15 is 0 Å². The lowest BCUT2D eigenvalue weighted by molar-refractivity contribution is 0.628. The summed E-state index contributed by atoms with van der Waals surface area (Å²) < 4.78 is 13.2. The molecule has 0 aliphatic carbocycles. The highest BCUT2D eigenvalue weighted by Crippen LogP contribution is 2.31. The Hall–Kier alpha value is -2.01. The maximum absolute atomic E-state index is 13.2. The summed E-state index contributed by atoms with van der Waals surface area (Å²) in [6.45, 7) is 1.61. The van der Waals surface area contributed by atoms with Gasteiger partial charge in [-0.2, -0.15) is 0 Å². The number of nitrogens with one attached hydrogen (secondary N) is 2. The smallest absolute Gasteiger partial charge is 0.159 e. The minimum atomic E-state index is -0.374. The van der Waals surface area contributed by atoms with Crippen molar-refractivity contribution in [2.75, 3.05) is 12.4 Å². The third kappa shape index (κ3) is 2.56. The fraction of sp³-hybridized carbons (Fsp3) is 0.154. The van der Waals surface area contributed by atoms with E-state index in [0.29, 0.717) is 22.6 Å². The summed E-state index contributed by atoms with van der Waals surface area (Å²) in [6.07, 6.45) is 0. The van der Waals surface area contributed by atoms with Gasteiger partial charge in [-0.05, 0) is 19.1 Å². The van der Waals surface area contributed by atoms with Gasteiger partial charge in [-0.25, -0.2) is 4.39 Å². The van der Waals surface area contributed by atoms with E-state index < -0.39 is 0 Å².